The number of fused-ring (bicyclic) bond motifs is 1. The van der Waals surface area contributed by atoms with Gasteiger partial charge < -0.3 is 14.4 Å². The normalized spacial score (nSPS) is 13.6. The van der Waals surface area contributed by atoms with Crippen molar-refractivity contribution in [1.29, 1.82) is 0 Å². The van der Waals surface area contributed by atoms with E-state index in [1.165, 1.54) is 7.11 Å². The molecule has 0 fully saturated rings. The molecule has 0 radical (unpaired) electrons. The summed E-state index contributed by atoms with van der Waals surface area (Å²) in [6.07, 6.45) is 1.47. The highest BCUT2D eigenvalue weighted by Gasteiger charge is 2.32. The Morgan fingerprint density at radius 3 is 2.75 bits per heavy atom. The number of carbonyl (C=O) groups is 2. The van der Waals surface area contributed by atoms with Crippen LogP contribution in [-0.2, 0) is 17.7 Å². The first-order valence-electron chi connectivity index (χ1n) is 4.80. The fourth-order valence-electron chi connectivity index (χ4n) is 2.06. The molecule has 0 aromatic carbocycles. The highest BCUT2D eigenvalue weighted by Crippen LogP contribution is 2.33. The van der Waals surface area contributed by atoms with Crippen LogP contribution in [0.15, 0.2) is 0 Å². The Kier molecular flexibility index (Phi) is 2.63. The van der Waals surface area contributed by atoms with E-state index >= 15 is 0 Å². The van der Waals surface area contributed by atoms with Crippen LogP contribution in [0.3, 0.4) is 0 Å². The highest BCUT2D eigenvalue weighted by atomic mass is 35.5. The molecule has 5 nitrogen and oxygen atoms in total. The van der Waals surface area contributed by atoms with Gasteiger partial charge in [-0.1, -0.05) is 11.6 Å². The van der Waals surface area contributed by atoms with E-state index in [0.717, 1.165) is 6.42 Å². The van der Waals surface area contributed by atoms with Gasteiger partial charge in [-0.3, -0.25) is 0 Å². The van der Waals surface area contributed by atoms with Gasteiger partial charge in [-0.15, -0.1) is 0 Å². The molecule has 1 aliphatic heterocycles. The van der Waals surface area contributed by atoms with E-state index in [0.29, 0.717) is 18.7 Å². The van der Waals surface area contributed by atoms with Gasteiger partial charge in [0, 0.05) is 12.2 Å². The average Bonchev–Trinajstić information content (AvgIpc) is 2.75. The summed E-state index contributed by atoms with van der Waals surface area (Å²) in [7, 11) is 1.25. The predicted molar refractivity (Wildman–Crippen MR) is 56.1 cm³/mol. The maximum absolute atomic E-state index is 11.5. The Labute approximate surface area is 96.6 Å². The van der Waals surface area contributed by atoms with Gasteiger partial charge in [0.2, 0.25) is 0 Å². The van der Waals surface area contributed by atoms with E-state index in [2.05, 4.69) is 4.74 Å². The van der Waals surface area contributed by atoms with Crippen LogP contribution < -0.4 is 0 Å². The SMILES string of the molecule is COC(=O)c1c(Cl)c(C(=O)O)n2c1CCC2. The fourth-order valence-corrected chi connectivity index (χ4v) is 2.43. The predicted octanol–water partition coefficient (Wildman–Crippen LogP) is 1.57. The number of carboxylic acid groups (broad SMARTS) is 1. The third-order valence-electron chi connectivity index (χ3n) is 2.70. The second-order valence-corrected chi connectivity index (χ2v) is 3.91. The van der Waals surface area contributed by atoms with Crippen LogP contribution in [0.25, 0.3) is 0 Å². The number of halogens is 1. The van der Waals surface area contributed by atoms with Crippen LogP contribution in [-0.4, -0.2) is 28.7 Å². The van der Waals surface area contributed by atoms with Gasteiger partial charge in [0.1, 0.15) is 11.3 Å². The number of carboxylic acids is 1. The summed E-state index contributed by atoms with van der Waals surface area (Å²) in [5.41, 5.74) is 0.836. The van der Waals surface area contributed by atoms with Crippen molar-refractivity contribution in [3.8, 4) is 0 Å². The Balaban J connectivity index is 2.67. The first kappa shape index (κ1) is 11.0. The van der Waals surface area contributed by atoms with Gasteiger partial charge in [0.05, 0.1) is 12.1 Å². The number of ether oxygens (including phenoxy) is 1. The lowest BCUT2D eigenvalue weighted by Crippen LogP contribution is -2.06. The molecule has 86 valence electrons. The number of esters is 1. The van der Waals surface area contributed by atoms with E-state index < -0.39 is 11.9 Å². The molecule has 0 saturated carbocycles. The Morgan fingerprint density at radius 1 is 1.50 bits per heavy atom. The van der Waals surface area contributed by atoms with Gasteiger partial charge in [-0.05, 0) is 12.8 Å². The quantitative estimate of drug-likeness (QED) is 0.801. The highest BCUT2D eigenvalue weighted by molar-refractivity contribution is 6.36. The maximum atomic E-state index is 11.5. The second kappa shape index (κ2) is 3.83. The van der Waals surface area contributed by atoms with Gasteiger partial charge in [-0.25, -0.2) is 9.59 Å². The number of aromatic carboxylic acids is 1. The van der Waals surface area contributed by atoms with Crippen LogP contribution >= 0.6 is 11.6 Å². The molecule has 1 aromatic rings. The smallest absolute Gasteiger partial charge is 0.354 e. The van der Waals surface area contributed by atoms with Crippen LogP contribution in [0.4, 0.5) is 0 Å². The van der Waals surface area contributed by atoms with Crippen LogP contribution in [0.5, 0.6) is 0 Å². The van der Waals surface area contributed by atoms with E-state index in [4.69, 9.17) is 16.7 Å². The van der Waals surface area contributed by atoms with Crippen molar-refractivity contribution in [2.45, 2.75) is 19.4 Å². The molecule has 0 aliphatic carbocycles. The monoisotopic (exact) mass is 243 g/mol. The van der Waals surface area contributed by atoms with Crippen molar-refractivity contribution in [3.05, 3.63) is 22.0 Å². The number of carbonyl (C=O) groups excluding carboxylic acids is 1. The standard InChI is InChI=1S/C10H10ClNO4/c1-16-10(15)6-5-3-2-4-12(5)8(7(6)11)9(13)14/h2-4H2,1H3,(H,13,14). The molecule has 0 bridgehead atoms. The zero-order valence-electron chi connectivity index (χ0n) is 8.62. The molecule has 16 heavy (non-hydrogen) atoms. The number of aromatic nitrogens is 1. The lowest BCUT2D eigenvalue weighted by Gasteiger charge is -2.00. The van der Waals surface area contributed by atoms with Gasteiger partial charge >= 0.3 is 11.9 Å². The third-order valence-corrected chi connectivity index (χ3v) is 3.07. The number of nitrogens with zero attached hydrogens (tertiary/aromatic N) is 1. The van der Waals surface area contributed by atoms with E-state index in [9.17, 15) is 9.59 Å². The molecule has 2 rings (SSSR count). The largest absolute Gasteiger partial charge is 0.477 e. The van der Waals surface area contributed by atoms with E-state index in [1.807, 2.05) is 0 Å². The van der Waals surface area contributed by atoms with Crippen molar-refractivity contribution >= 4 is 23.5 Å². The molecule has 0 saturated heterocycles. The third kappa shape index (κ3) is 1.39. The average molecular weight is 244 g/mol. The summed E-state index contributed by atoms with van der Waals surface area (Å²) < 4.78 is 6.19. The Bertz CT molecular complexity index is 478. The number of rotatable bonds is 2. The summed E-state index contributed by atoms with van der Waals surface area (Å²) in [5, 5.41) is 9.02. The van der Waals surface area contributed by atoms with E-state index in [1.54, 1.807) is 4.57 Å². The van der Waals surface area contributed by atoms with Crippen molar-refractivity contribution in [2.75, 3.05) is 7.11 Å². The summed E-state index contributed by atoms with van der Waals surface area (Å²) in [6, 6.07) is 0. The number of hydrogen-bond acceptors (Lipinski definition) is 3. The van der Waals surface area contributed by atoms with Gasteiger partial charge in [-0.2, -0.15) is 0 Å². The second-order valence-electron chi connectivity index (χ2n) is 3.54. The minimum absolute atomic E-state index is 0.0189. The minimum atomic E-state index is -1.12. The van der Waals surface area contributed by atoms with Crippen LogP contribution in [0.2, 0.25) is 5.02 Å². The lowest BCUT2D eigenvalue weighted by atomic mass is 10.2. The first-order valence-corrected chi connectivity index (χ1v) is 5.18. The molecule has 1 aromatic heterocycles. The molecule has 2 heterocycles. The van der Waals surface area contributed by atoms with Crippen molar-refractivity contribution in [3.63, 3.8) is 0 Å². The van der Waals surface area contributed by atoms with Crippen LogP contribution in [0.1, 0.15) is 33.0 Å². The van der Waals surface area contributed by atoms with Crippen molar-refractivity contribution in [2.24, 2.45) is 0 Å². The molecule has 1 N–H and O–H groups in total. The molecular weight excluding hydrogens is 234 g/mol. The molecular formula is C10H10ClNO4. The summed E-state index contributed by atoms with van der Waals surface area (Å²) in [6.45, 7) is 0.577. The Morgan fingerprint density at radius 2 is 2.19 bits per heavy atom. The zero-order chi connectivity index (χ0) is 11.9. The molecule has 0 spiro atoms. The maximum Gasteiger partial charge on any atom is 0.354 e. The molecule has 1 aliphatic rings. The van der Waals surface area contributed by atoms with E-state index in [-0.39, 0.29) is 16.3 Å². The molecule has 6 heteroatoms. The van der Waals surface area contributed by atoms with Crippen molar-refractivity contribution in [1.82, 2.24) is 4.57 Å². The first-order chi connectivity index (χ1) is 7.57. The van der Waals surface area contributed by atoms with Gasteiger partial charge in [0.25, 0.3) is 0 Å². The topological polar surface area (TPSA) is 68.5 Å². The Hall–Kier alpha value is -1.49. The van der Waals surface area contributed by atoms with Crippen molar-refractivity contribution < 1.29 is 19.4 Å². The summed E-state index contributed by atoms with van der Waals surface area (Å²) in [4.78, 5) is 22.6. The lowest BCUT2D eigenvalue weighted by molar-refractivity contribution is 0.0599. The molecule has 0 unspecified atom stereocenters. The molecule has 0 amide bonds. The zero-order valence-corrected chi connectivity index (χ0v) is 9.37. The minimum Gasteiger partial charge on any atom is -0.477 e. The number of methoxy groups -OCH3 is 1. The van der Waals surface area contributed by atoms with Crippen LogP contribution in [0, 0.1) is 0 Å². The molecule has 0 atom stereocenters. The summed E-state index contributed by atoms with van der Waals surface area (Å²) >= 11 is 5.91. The fraction of sp³-hybridized carbons (Fsp3) is 0.400. The summed E-state index contributed by atoms with van der Waals surface area (Å²) in [5.74, 6) is -1.70. The number of hydrogen-bond donors (Lipinski definition) is 1. The van der Waals surface area contributed by atoms with Gasteiger partial charge in [0.15, 0.2) is 0 Å².